The number of rotatable bonds is 6. The summed E-state index contributed by atoms with van der Waals surface area (Å²) >= 11 is 6.05. The molecule has 3 aromatic rings. The Bertz CT molecular complexity index is 979. The number of nitrogens with two attached hydrogens (primary N) is 1. The van der Waals surface area contributed by atoms with Gasteiger partial charge in [-0.2, -0.15) is 9.78 Å². The summed E-state index contributed by atoms with van der Waals surface area (Å²) in [4.78, 5) is 14.3. The third-order valence-corrected chi connectivity index (χ3v) is 3.76. The van der Waals surface area contributed by atoms with Crippen molar-refractivity contribution in [1.82, 2.24) is 35.6 Å². The van der Waals surface area contributed by atoms with Crippen LogP contribution in [0.1, 0.15) is 21.7 Å². The Morgan fingerprint density at radius 1 is 1.41 bits per heavy atom. The van der Waals surface area contributed by atoms with E-state index in [0.29, 0.717) is 22.8 Å². The van der Waals surface area contributed by atoms with Crippen LogP contribution in [0.4, 0.5) is 5.82 Å². The number of carbonyl (C=O) groups excluding carboxylic acids is 1. The monoisotopic (exact) mass is 389 g/mol. The van der Waals surface area contributed by atoms with Gasteiger partial charge in [0, 0.05) is 17.1 Å². The maximum Gasteiger partial charge on any atom is 0.293 e. The number of carbonyl (C=O) groups is 1. The molecule has 0 spiro atoms. The molecule has 0 aliphatic rings. The molecule has 0 aliphatic heterocycles. The molecule has 140 valence electrons. The van der Waals surface area contributed by atoms with Gasteiger partial charge in [-0.1, -0.05) is 35.0 Å². The summed E-state index contributed by atoms with van der Waals surface area (Å²) in [5, 5.41) is 19.5. The number of nitrogen functional groups attached to an aromatic ring is 1. The van der Waals surface area contributed by atoms with Gasteiger partial charge in [-0.3, -0.25) is 4.79 Å². The number of hydrogen-bond donors (Lipinski definition) is 2. The highest BCUT2D eigenvalue weighted by Gasteiger charge is 2.24. The molecule has 2 aromatic heterocycles. The van der Waals surface area contributed by atoms with Gasteiger partial charge in [0.05, 0.1) is 11.9 Å². The van der Waals surface area contributed by atoms with Crippen LogP contribution in [0.2, 0.25) is 5.02 Å². The Morgan fingerprint density at radius 2 is 2.19 bits per heavy atom. The lowest BCUT2D eigenvalue weighted by Crippen LogP contribution is -2.23. The van der Waals surface area contributed by atoms with Gasteiger partial charge in [0.25, 0.3) is 5.91 Å². The Balaban J connectivity index is 1.85. The van der Waals surface area contributed by atoms with Crippen LogP contribution in [0.3, 0.4) is 0 Å². The van der Waals surface area contributed by atoms with Gasteiger partial charge in [0.2, 0.25) is 11.6 Å². The molecule has 0 aliphatic carbocycles. The Morgan fingerprint density at radius 3 is 2.85 bits per heavy atom. The summed E-state index contributed by atoms with van der Waals surface area (Å²) in [7, 11) is 3.66. The highest BCUT2D eigenvalue weighted by molar-refractivity contribution is 6.33. The molecule has 0 unspecified atom stereocenters. The third-order valence-electron chi connectivity index (χ3n) is 3.42. The summed E-state index contributed by atoms with van der Waals surface area (Å²) in [6.07, 6.45) is 1.44. The standard InChI is InChI=1S/C15H16ClN9O2/c1-24(2)8-11-12(19-23-25(11)14-13(17)21-27-22-14)15(26)20-18-7-9-5-3-4-6-10(9)16/h3-7H,8H2,1-2H3,(H2,17,21)(H,20,26)/b18-7+. The van der Waals surface area contributed by atoms with Gasteiger partial charge >= 0.3 is 0 Å². The minimum Gasteiger partial charge on any atom is -0.378 e. The van der Waals surface area contributed by atoms with Crippen molar-refractivity contribution in [2.24, 2.45) is 5.10 Å². The molecule has 3 N–H and O–H groups in total. The number of amides is 1. The van der Waals surface area contributed by atoms with Crippen LogP contribution in [0.25, 0.3) is 5.82 Å². The van der Waals surface area contributed by atoms with E-state index < -0.39 is 5.91 Å². The molecular weight excluding hydrogens is 374 g/mol. The number of nitrogens with one attached hydrogen (secondary N) is 1. The normalized spacial score (nSPS) is 11.4. The lowest BCUT2D eigenvalue weighted by molar-refractivity contribution is 0.0948. The first-order chi connectivity index (χ1) is 13.0. The van der Waals surface area contributed by atoms with Crippen molar-refractivity contribution in [3.8, 4) is 5.82 Å². The number of anilines is 1. The maximum atomic E-state index is 12.5. The second kappa shape index (κ2) is 7.93. The van der Waals surface area contributed by atoms with Crippen LogP contribution < -0.4 is 11.2 Å². The number of aromatic nitrogens is 5. The zero-order chi connectivity index (χ0) is 19.4. The van der Waals surface area contributed by atoms with Crippen molar-refractivity contribution in [3.05, 3.63) is 46.2 Å². The van der Waals surface area contributed by atoms with E-state index in [-0.39, 0.29) is 17.3 Å². The van der Waals surface area contributed by atoms with Crippen molar-refractivity contribution >= 4 is 29.5 Å². The van der Waals surface area contributed by atoms with E-state index in [4.69, 9.17) is 17.3 Å². The predicted octanol–water partition coefficient (Wildman–Crippen LogP) is 0.711. The van der Waals surface area contributed by atoms with E-state index >= 15 is 0 Å². The quantitative estimate of drug-likeness (QED) is 0.464. The highest BCUT2D eigenvalue weighted by atomic mass is 35.5. The van der Waals surface area contributed by atoms with Crippen LogP contribution in [-0.4, -0.2) is 56.4 Å². The van der Waals surface area contributed by atoms with Crippen LogP contribution in [0.5, 0.6) is 0 Å². The lowest BCUT2D eigenvalue weighted by Gasteiger charge is -2.11. The van der Waals surface area contributed by atoms with E-state index in [1.54, 1.807) is 18.2 Å². The number of hydrogen-bond acceptors (Lipinski definition) is 9. The van der Waals surface area contributed by atoms with Crippen LogP contribution in [0.15, 0.2) is 34.0 Å². The molecule has 27 heavy (non-hydrogen) atoms. The van der Waals surface area contributed by atoms with E-state index in [1.165, 1.54) is 10.9 Å². The Hall–Kier alpha value is -3.31. The molecule has 3 rings (SSSR count). The van der Waals surface area contributed by atoms with Crippen molar-refractivity contribution < 1.29 is 9.42 Å². The van der Waals surface area contributed by atoms with Crippen molar-refractivity contribution in [1.29, 1.82) is 0 Å². The van der Waals surface area contributed by atoms with Gasteiger partial charge < -0.3 is 10.6 Å². The zero-order valence-electron chi connectivity index (χ0n) is 14.5. The molecule has 0 saturated heterocycles. The molecule has 1 aromatic carbocycles. The van der Waals surface area contributed by atoms with E-state index in [0.717, 1.165) is 0 Å². The first-order valence-electron chi connectivity index (χ1n) is 7.73. The minimum absolute atomic E-state index is 0.0311. The fourth-order valence-electron chi connectivity index (χ4n) is 2.22. The molecule has 0 saturated carbocycles. The molecule has 2 heterocycles. The molecule has 1 amide bonds. The molecule has 12 heteroatoms. The molecule has 0 fully saturated rings. The average Bonchev–Trinajstić information content (AvgIpc) is 3.22. The predicted molar refractivity (Wildman–Crippen MR) is 97.5 cm³/mol. The van der Waals surface area contributed by atoms with Gasteiger partial charge in [-0.25, -0.2) is 10.1 Å². The van der Waals surface area contributed by atoms with Crippen LogP contribution >= 0.6 is 11.6 Å². The second-order valence-electron chi connectivity index (χ2n) is 5.73. The zero-order valence-corrected chi connectivity index (χ0v) is 15.3. The first-order valence-corrected chi connectivity index (χ1v) is 8.10. The molecule has 0 radical (unpaired) electrons. The van der Waals surface area contributed by atoms with Gasteiger partial charge in [-0.15, -0.1) is 5.10 Å². The second-order valence-corrected chi connectivity index (χ2v) is 6.14. The molecule has 0 bridgehead atoms. The van der Waals surface area contributed by atoms with Crippen LogP contribution in [0, 0.1) is 0 Å². The Labute approximate surface area is 158 Å². The summed E-state index contributed by atoms with van der Waals surface area (Å²) in [5.41, 5.74) is 9.31. The summed E-state index contributed by atoms with van der Waals surface area (Å²) in [6, 6.07) is 7.11. The molecule has 11 nitrogen and oxygen atoms in total. The number of benzene rings is 1. The van der Waals surface area contributed by atoms with E-state index in [9.17, 15) is 4.79 Å². The van der Waals surface area contributed by atoms with Gasteiger partial charge in [0.1, 0.15) is 0 Å². The molecule has 0 atom stereocenters. The van der Waals surface area contributed by atoms with Crippen LogP contribution in [-0.2, 0) is 6.54 Å². The fourth-order valence-corrected chi connectivity index (χ4v) is 2.41. The number of nitrogens with zero attached hydrogens (tertiary/aromatic N) is 7. The van der Waals surface area contributed by atoms with Gasteiger partial charge in [0.15, 0.2) is 5.69 Å². The smallest absolute Gasteiger partial charge is 0.293 e. The first kappa shape index (κ1) is 18.5. The largest absolute Gasteiger partial charge is 0.378 e. The number of hydrazone groups is 1. The lowest BCUT2D eigenvalue weighted by atomic mass is 10.2. The molecular formula is C15H16ClN9O2. The summed E-state index contributed by atoms with van der Waals surface area (Å²) < 4.78 is 5.89. The Kier molecular flexibility index (Phi) is 5.43. The summed E-state index contributed by atoms with van der Waals surface area (Å²) in [6.45, 7) is 0.344. The maximum absolute atomic E-state index is 12.5. The van der Waals surface area contributed by atoms with Crippen molar-refractivity contribution in [2.45, 2.75) is 6.54 Å². The van der Waals surface area contributed by atoms with E-state index in [2.05, 4.69) is 35.8 Å². The number of halogens is 1. The minimum atomic E-state index is -0.545. The van der Waals surface area contributed by atoms with Gasteiger partial charge in [-0.05, 0) is 30.5 Å². The highest BCUT2D eigenvalue weighted by Crippen LogP contribution is 2.17. The average molecular weight is 390 g/mol. The SMILES string of the molecule is CN(C)Cc1c(C(=O)N/N=C/c2ccccc2Cl)nnn1-c1nonc1N. The summed E-state index contributed by atoms with van der Waals surface area (Å²) in [5.74, 6) is -0.363. The fraction of sp³-hybridized carbons (Fsp3) is 0.200. The third kappa shape index (κ3) is 4.10. The topological polar surface area (TPSA) is 140 Å². The van der Waals surface area contributed by atoms with Crippen molar-refractivity contribution in [2.75, 3.05) is 19.8 Å². The van der Waals surface area contributed by atoms with Crippen molar-refractivity contribution in [3.63, 3.8) is 0 Å². The van der Waals surface area contributed by atoms with E-state index in [1.807, 2.05) is 25.1 Å².